The Morgan fingerprint density at radius 1 is 1.32 bits per heavy atom. The van der Waals surface area contributed by atoms with Crippen LogP contribution in [-0.4, -0.2) is 42.4 Å². The number of nitrogens with two attached hydrogens (primary N) is 1. The third-order valence-electron chi connectivity index (χ3n) is 6.53. The minimum absolute atomic E-state index is 0.0216. The minimum atomic E-state index is -1.47. The topological polar surface area (TPSA) is 99.0 Å². The Morgan fingerprint density at radius 3 is 2.82 bits per heavy atom. The first kappa shape index (κ1) is 22.9. The second kappa shape index (κ2) is 8.42. The van der Waals surface area contributed by atoms with Crippen molar-refractivity contribution >= 4 is 34.3 Å². The Balaban J connectivity index is 1.48. The van der Waals surface area contributed by atoms with Crippen LogP contribution in [0, 0.1) is 18.7 Å². The van der Waals surface area contributed by atoms with Crippen molar-refractivity contribution in [2.24, 2.45) is 16.6 Å². The number of amidine groups is 1. The van der Waals surface area contributed by atoms with Crippen LogP contribution in [-0.2, 0) is 18.5 Å². The number of halogens is 3. The van der Waals surface area contributed by atoms with Gasteiger partial charge in [0, 0.05) is 28.8 Å². The van der Waals surface area contributed by atoms with Gasteiger partial charge >= 0.3 is 0 Å². The van der Waals surface area contributed by atoms with E-state index >= 15 is 4.39 Å². The molecule has 2 N–H and O–H groups in total. The molecule has 3 atom stereocenters. The summed E-state index contributed by atoms with van der Waals surface area (Å²) in [6.45, 7) is 1.44. The standard InChI is InChI=1S/C23H21ClF2N6OS/c1-13-9-29-31-32(13)12-22-8-20(22)23(11-25,30-21(27)34-22)16-6-14(2-4-17(16)26)7-19(33)18-5-3-15(24)10-28-18/h2-6,9-10,20H,7-8,11-12H2,1H3,(H2,27,30)/t20-,22-,23-/m1/s1. The van der Waals surface area contributed by atoms with Crippen LogP contribution >= 0.6 is 23.4 Å². The molecule has 0 radical (unpaired) electrons. The minimum Gasteiger partial charge on any atom is -0.378 e. The largest absolute Gasteiger partial charge is 0.378 e. The van der Waals surface area contributed by atoms with E-state index in [1.54, 1.807) is 16.9 Å². The molecule has 0 amide bonds. The van der Waals surface area contributed by atoms with E-state index in [-0.39, 0.29) is 34.5 Å². The van der Waals surface area contributed by atoms with Crippen LogP contribution in [0.1, 0.15) is 33.7 Å². The van der Waals surface area contributed by atoms with Gasteiger partial charge in [-0.2, -0.15) is 0 Å². The van der Waals surface area contributed by atoms with Gasteiger partial charge in [-0.05, 0) is 43.2 Å². The summed E-state index contributed by atoms with van der Waals surface area (Å²) in [5.41, 5.74) is 6.45. The summed E-state index contributed by atoms with van der Waals surface area (Å²) < 4.78 is 31.3. The van der Waals surface area contributed by atoms with E-state index in [0.717, 1.165) is 5.69 Å². The summed E-state index contributed by atoms with van der Waals surface area (Å²) in [5, 5.41) is 8.65. The van der Waals surface area contributed by atoms with Crippen LogP contribution in [0.5, 0.6) is 0 Å². The van der Waals surface area contributed by atoms with Crippen molar-refractivity contribution in [1.29, 1.82) is 0 Å². The number of carbonyl (C=O) groups is 1. The van der Waals surface area contributed by atoms with Crippen LogP contribution in [0.15, 0.2) is 47.7 Å². The summed E-state index contributed by atoms with van der Waals surface area (Å²) in [4.78, 5) is 21.2. The third kappa shape index (κ3) is 3.88. The van der Waals surface area contributed by atoms with Gasteiger partial charge in [0.15, 0.2) is 11.0 Å². The van der Waals surface area contributed by atoms with Gasteiger partial charge in [-0.25, -0.2) is 18.5 Å². The van der Waals surface area contributed by atoms with E-state index in [4.69, 9.17) is 17.3 Å². The van der Waals surface area contributed by atoms with Gasteiger partial charge < -0.3 is 5.73 Å². The third-order valence-corrected chi connectivity index (χ3v) is 8.04. The number of fused-ring (bicyclic) bond motifs is 1. The Hall–Kier alpha value is -2.85. The predicted octanol–water partition coefficient (Wildman–Crippen LogP) is 3.88. The second-order valence-electron chi connectivity index (χ2n) is 8.74. The summed E-state index contributed by atoms with van der Waals surface area (Å²) >= 11 is 7.22. The number of carbonyl (C=O) groups excluding carboxylic acids is 1. The maximum Gasteiger partial charge on any atom is 0.185 e. The molecule has 1 saturated carbocycles. The lowest BCUT2D eigenvalue weighted by Crippen LogP contribution is -2.41. The first-order chi connectivity index (χ1) is 16.3. The van der Waals surface area contributed by atoms with Crippen molar-refractivity contribution in [2.45, 2.75) is 36.6 Å². The number of hydrogen-bond donors (Lipinski definition) is 1. The number of ketones is 1. The lowest BCUT2D eigenvalue weighted by Gasteiger charge is -2.35. The first-order valence-corrected chi connectivity index (χ1v) is 11.8. The number of hydrogen-bond acceptors (Lipinski definition) is 7. The van der Waals surface area contributed by atoms with Gasteiger partial charge in [0.05, 0.1) is 23.5 Å². The molecular weight excluding hydrogens is 482 g/mol. The Labute approximate surface area is 203 Å². The molecule has 176 valence electrons. The molecule has 11 heteroatoms. The molecule has 0 bridgehead atoms. The molecule has 34 heavy (non-hydrogen) atoms. The molecular formula is C23H21ClF2N6OS. The lowest BCUT2D eigenvalue weighted by atomic mass is 9.83. The second-order valence-corrected chi connectivity index (χ2v) is 10.6. The molecule has 3 heterocycles. The van der Waals surface area contributed by atoms with Gasteiger partial charge in [0.25, 0.3) is 0 Å². The van der Waals surface area contributed by atoms with Crippen molar-refractivity contribution in [3.05, 3.63) is 76.1 Å². The van der Waals surface area contributed by atoms with E-state index in [1.165, 1.54) is 42.2 Å². The van der Waals surface area contributed by atoms with Crippen LogP contribution < -0.4 is 5.73 Å². The Bertz CT molecular complexity index is 1300. The van der Waals surface area contributed by atoms with Gasteiger partial charge in [-0.3, -0.25) is 9.78 Å². The predicted molar refractivity (Wildman–Crippen MR) is 126 cm³/mol. The van der Waals surface area contributed by atoms with Crippen molar-refractivity contribution < 1.29 is 13.6 Å². The van der Waals surface area contributed by atoms with Crippen molar-refractivity contribution in [2.75, 3.05) is 6.67 Å². The average molecular weight is 503 g/mol. The number of nitrogens with zero attached hydrogens (tertiary/aromatic N) is 5. The van der Waals surface area contributed by atoms with Crippen molar-refractivity contribution in [3.8, 4) is 0 Å². The summed E-state index contributed by atoms with van der Waals surface area (Å²) in [6.07, 6.45) is 3.62. The summed E-state index contributed by atoms with van der Waals surface area (Å²) in [5.74, 6) is -1.13. The first-order valence-electron chi connectivity index (χ1n) is 10.7. The number of alkyl halides is 1. The van der Waals surface area contributed by atoms with E-state index in [2.05, 4.69) is 20.3 Å². The molecule has 2 aliphatic rings. The van der Waals surface area contributed by atoms with E-state index in [0.29, 0.717) is 23.6 Å². The molecule has 1 aliphatic carbocycles. The number of aliphatic imine (C=N–C) groups is 1. The molecule has 1 fully saturated rings. The zero-order valence-electron chi connectivity index (χ0n) is 18.2. The highest BCUT2D eigenvalue weighted by atomic mass is 35.5. The number of Topliss-reactive ketones (excluding diaryl/α,β-unsaturated/α-hetero) is 1. The number of aryl methyl sites for hydroxylation is 1. The normalized spacial score (nSPS) is 25.5. The van der Waals surface area contributed by atoms with Crippen LogP contribution in [0.2, 0.25) is 5.02 Å². The maximum atomic E-state index is 15.2. The average Bonchev–Trinajstić information content (AvgIpc) is 3.40. The lowest BCUT2D eigenvalue weighted by molar-refractivity contribution is 0.0988. The summed E-state index contributed by atoms with van der Waals surface area (Å²) in [7, 11) is 0. The summed E-state index contributed by atoms with van der Waals surface area (Å²) in [6, 6.07) is 7.41. The zero-order valence-corrected chi connectivity index (χ0v) is 19.8. The van der Waals surface area contributed by atoms with Gasteiger partial charge in [-0.1, -0.05) is 34.6 Å². The molecule has 0 spiro atoms. The maximum absolute atomic E-state index is 15.2. The van der Waals surface area contributed by atoms with Gasteiger partial charge in [0.1, 0.15) is 23.7 Å². The molecule has 5 rings (SSSR count). The molecule has 1 aliphatic heterocycles. The Morgan fingerprint density at radius 2 is 2.15 bits per heavy atom. The highest BCUT2D eigenvalue weighted by Gasteiger charge is 2.68. The van der Waals surface area contributed by atoms with Crippen molar-refractivity contribution in [3.63, 3.8) is 0 Å². The Kier molecular flexibility index (Phi) is 5.68. The monoisotopic (exact) mass is 502 g/mol. The highest BCUT2D eigenvalue weighted by Crippen LogP contribution is 2.66. The number of pyridine rings is 1. The number of thioether (sulfide) groups is 1. The van der Waals surface area contributed by atoms with Crippen LogP contribution in [0.25, 0.3) is 0 Å². The highest BCUT2D eigenvalue weighted by molar-refractivity contribution is 8.15. The SMILES string of the molecule is Cc1cnnn1C[C@]12C[C@H]1[C@@](CF)(c1cc(CC(=O)c3ccc(Cl)cn3)ccc1F)N=C(N)S2. The number of benzene rings is 1. The van der Waals surface area contributed by atoms with Crippen molar-refractivity contribution in [1.82, 2.24) is 20.0 Å². The van der Waals surface area contributed by atoms with E-state index in [1.807, 2.05) is 6.92 Å². The molecule has 7 nitrogen and oxygen atoms in total. The van der Waals surface area contributed by atoms with E-state index < -0.39 is 22.8 Å². The molecule has 1 aromatic carbocycles. The molecule has 3 aromatic rings. The smallest absolute Gasteiger partial charge is 0.185 e. The van der Waals surface area contributed by atoms with Gasteiger partial charge in [-0.15, -0.1) is 5.10 Å². The quantitative estimate of drug-likeness (QED) is 0.492. The fourth-order valence-corrected chi connectivity index (χ4v) is 6.22. The number of aromatic nitrogens is 4. The van der Waals surface area contributed by atoms with Crippen LogP contribution in [0.3, 0.4) is 0 Å². The zero-order chi connectivity index (χ0) is 24.1. The van der Waals surface area contributed by atoms with Crippen LogP contribution in [0.4, 0.5) is 8.78 Å². The molecule has 0 unspecified atom stereocenters. The molecule has 2 aromatic heterocycles. The molecule has 0 saturated heterocycles. The fourth-order valence-electron chi connectivity index (χ4n) is 4.71. The fraction of sp³-hybridized carbons (Fsp3) is 0.348. The van der Waals surface area contributed by atoms with Gasteiger partial charge in [0.2, 0.25) is 0 Å². The number of rotatable bonds is 7. The van der Waals surface area contributed by atoms with E-state index in [9.17, 15) is 9.18 Å².